The third-order valence-corrected chi connectivity index (χ3v) is 8.52. The second-order valence-corrected chi connectivity index (χ2v) is 11.6. The molecule has 0 saturated carbocycles. The van der Waals surface area contributed by atoms with Crippen LogP contribution in [0.15, 0.2) is 66.7 Å². The second-order valence-electron chi connectivity index (χ2n) is 9.96. The molecule has 0 amide bonds. The van der Waals surface area contributed by atoms with Crippen LogP contribution in [0.4, 0.5) is 4.39 Å². The molecular formula is C32H29Cl4FN2O2. The molecule has 2 heterocycles. The van der Waals surface area contributed by atoms with Gasteiger partial charge in [0.05, 0.1) is 20.1 Å². The number of nitrogens with two attached hydrogens (primary N) is 2. The van der Waals surface area contributed by atoms with Crippen molar-refractivity contribution in [2.24, 2.45) is 11.5 Å². The van der Waals surface area contributed by atoms with Gasteiger partial charge in [-0.15, -0.1) is 0 Å². The van der Waals surface area contributed by atoms with Gasteiger partial charge in [-0.1, -0.05) is 76.7 Å². The molecule has 2 atom stereocenters. The van der Waals surface area contributed by atoms with Gasteiger partial charge < -0.3 is 20.9 Å². The third-order valence-electron chi connectivity index (χ3n) is 7.26. The minimum Gasteiger partial charge on any atom is -0.488 e. The average molecular weight is 634 g/mol. The minimum absolute atomic E-state index is 0.0601. The molecule has 0 aromatic heterocycles. The predicted octanol–water partition coefficient (Wildman–Crippen LogP) is 8.76. The Morgan fingerprint density at radius 3 is 1.63 bits per heavy atom. The van der Waals surface area contributed by atoms with Crippen molar-refractivity contribution in [3.8, 4) is 33.8 Å². The lowest BCUT2D eigenvalue weighted by atomic mass is 9.95. The predicted molar refractivity (Wildman–Crippen MR) is 167 cm³/mol. The van der Waals surface area contributed by atoms with E-state index in [2.05, 4.69) is 6.07 Å². The van der Waals surface area contributed by atoms with Crippen LogP contribution in [0.25, 0.3) is 22.3 Å². The highest BCUT2D eigenvalue weighted by Crippen LogP contribution is 2.45. The number of halogens is 5. The highest BCUT2D eigenvalue weighted by Gasteiger charge is 2.26. The molecule has 4 aromatic carbocycles. The summed E-state index contributed by atoms with van der Waals surface area (Å²) in [6, 6.07) is 19.7. The van der Waals surface area contributed by atoms with Crippen molar-refractivity contribution in [1.29, 1.82) is 0 Å². The fourth-order valence-corrected chi connectivity index (χ4v) is 6.41. The first-order valence-electron chi connectivity index (χ1n) is 13.4. The van der Waals surface area contributed by atoms with Crippen molar-refractivity contribution < 1.29 is 13.9 Å². The third kappa shape index (κ3) is 6.46. The van der Waals surface area contributed by atoms with Crippen molar-refractivity contribution in [2.45, 2.75) is 37.9 Å². The van der Waals surface area contributed by atoms with Gasteiger partial charge in [-0.3, -0.25) is 0 Å². The molecule has 4 nitrogen and oxygen atoms in total. The Kier molecular flexibility index (Phi) is 9.65. The van der Waals surface area contributed by atoms with Crippen LogP contribution in [0.3, 0.4) is 0 Å². The fourth-order valence-electron chi connectivity index (χ4n) is 5.20. The van der Waals surface area contributed by atoms with Gasteiger partial charge in [-0.25, -0.2) is 4.39 Å². The second kappa shape index (κ2) is 13.2. The number of fused-ring (bicyclic) bond motifs is 2. The fraction of sp³-hybridized carbons (Fsp3) is 0.250. The van der Waals surface area contributed by atoms with E-state index in [1.54, 1.807) is 18.2 Å². The van der Waals surface area contributed by atoms with E-state index in [4.69, 9.17) is 67.3 Å². The maximum atomic E-state index is 13.9. The molecule has 4 aromatic rings. The summed E-state index contributed by atoms with van der Waals surface area (Å²) < 4.78 is 25.9. The lowest BCUT2D eigenvalue weighted by molar-refractivity contribution is 0.182. The van der Waals surface area contributed by atoms with Crippen LogP contribution in [-0.4, -0.2) is 25.3 Å². The van der Waals surface area contributed by atoms with Crippen LogP contribution in [0.2, 0.25) is 20.1 Å². The van der Waals surface area contributed by atoms with E-state index in [0.29, 0.717) is 50.1 Å². The molecule has 0 radical (unpaired) electrons. The Morgan fingerprint density at radius 2 is 1.10 bits per heavy atom. The zero-order chi connectivity index (χ0) is 29.1. The summed E-state index contributed by atoms with van der Waals surface area (Å²) in [5.74, 6) is 1.17. The highest BCUT2D eigenvalue weighted by molar-refractivity contribution is 6.40. The first kappa shape index (κ1) is 30.0. The maximum Gasteiger partial charge on any atom is 0.131 e. The molecule has 0 bridgehead atoms. The largest absolute Gasteiger partial charge is 0.488 e. The zero-order valence-electron chi connectivity index (χ0n) is 22.1. The van der Waals surface area contributed by atoms with Gasteiger partial charge >= 0.3 is 0 Å². The molecule has 6 rings (SSSR count). The molecule has 9 heteroatoms. The Balaban J connectivity index is 0.000000165. The molecular weight excluding hydrogens is 605 g/mol. The van der Waals surface area contributed by atoms with Crippen LogP contribution >= 0.6 is 46.4 Å². The quantitative estimate of drug-likeness (QED) is 0.236. The highest BCUT2D eigenvalue weighted by atomic mass is 35.5. The van der Waals surface area contributed by atoms with Crippen LogP contribution < -0.4 is 20.9 Å². The molecule has 0 fully saturated rings. The van der Waals surface area contributed by atoms with E-state index < -0.39 is 0 Å². The zero-order valence-corrected chi connectivity index (χ0v) is 25.1. The summed E-state index contributed by atoms with van der Waals surface area (Å²) in [4.78, 5) is 0. The van der Waals surface area contributed by atoms with Gasteiger partial charge in [0.2, 0.25) is 0 Å². The molecule has 0 saturated heterocycles. The van der Waals surface area contributed by atoms with Crippen molar-refractivity contribution in [1.82, 2.24) is 0 Å². The van der Waals surface area contributed by atoms with Crippen LogP contribution in [0.5, 0.6) is 11.5 Å². The molecule has 0 spiro atoms. The number of hydrogen-bond acceptors (Lipinski definition) is 4. The maximum absolute atomic E-state index is 13.9. The van der Waals surface area contributed by atoms with E-state index in [9.17, 15) is 4.39 Å². The van der Waals surface area contributed by atoms with Gasteiger partial charge in [-0.2, -0.15) is 0 Å². The van der Waals surface area contributed by atoms with Gasteiger partial charge in [-0.05, 0) is 73.2 Å². The van der Waals surface area contributed by atoms with Crippen LogP contribution in [-0.2, 0) is 12.8 Å². The molecule has 2 aliphatic rings. The summed E-state index contributed by atoms with van der Waals surface area (Å²) in [6.07, 6.45) is 3.41. The van der Waals surface area contributed by atoms with E-state index >= 15 is 0 Å². The average Bonchev–Trinajstić information content (AvgIpc) is 2.97. The number of ether oxygens (including phenoxy) is 2. The van der Waals surface area contributed by atoms with Crippen LogP contribution in [0, 0.1) is 5.82 Å². The van der Waals surface area contributed by atoms with Gasteiger partial charge in [0, 0.05) is 35.3 Å². The number of benzene rings is 4. The molecule has 2 aliphatic heterocycles. The number of rotatable bonds is 4. The number of aryl methyl sites for hydroxylation is 2. The Bertz CT molecular complexity index is 1520. The number of hydrogen-bond donors (Lipinski definition) is 2. The molecule has 214 valence electrons. The topological polar surface area (TPSA) is 70.5 Å². The Morgan fingerprint density at radius 1 is 0.634 bits per heavy atom. The van der Waals surface area contributed by atoms with E-state index in [1.165, 1.54) is 17.7 Å². The molecule has 4 N–H and O–H groups in total. The molecule has 0 aliphatic carbocycles. The first-order chi connectivity index (χ1) is 19.8. The summed E-state index contributed by atoms with van der Waals surface area (Å²) >= 11 is 25.1. The lowest BCUT2D eigenvalue weighted by Gasteiger charge is -2.27. The van der Waals surface area contributed by atoms with E-state index in [1.807, 2.05) is 30.3 Å². The van der Waals surface area contributed by atoms with Gasteiger partial charge in [0.15, 0.2) is 0 Å². The summed E-state index contributed by atoms with van der Waals surface area (Å²) in [6.45, 7) is 0.941. The summed E-state index contributed by atoms with van der Waals surface area (Å²) in [5, 5.41) is 2.19. The van der Waals surface area contributed by atoms with Crippen molar-refractivity contribution in [2.75, 3.05) is 13.1 Å². The number of para-hydroxylation sites is 1. The van der Waals surface area contributed by atoms with Crippen molar-refractivity contribution in [3.05, 3.63) is 104 Å². The van der Waals surface area contributed by atoms with E-state index in [0.717, 1.165) is 48.1 Å². The van der Waals surface area contributed by atoms with Crippen molar-refractivity contribution in [3.63, 3.8) is 0 Å². The summed E-state index contributed by atoms with van der Waals surface area (Å²) in [5.41, 5.74) is 16.4. The van der Waals surface area contributed by atoms with Gasteiger partial charge in [0.1, 0.15) is 29.5 Å². The minimum atomic E-state index is -0.325. The Hall–Kier alpha value is -2.51. The normalized spacial score (nSPS) is 17.3. The van der Waals surface area contributed by atoms with Crippen molar-refractivity contribution >= 4 is 46.4 Å². The van der Waals surface area contributed by atoms with Gasteiger partial charge in [0.25, 0.3) is 0 Å². The standard InChI is InChI=1S/C16H14Cl2FNO.C16H15Cl2NO/c17-13-2-1-3-14(18)15(13)12-7-10(19)6-9-4-5-11(8-20)21-16(9)12;17-13-5-2-6-14(18)15(13)12-4-1-3-10-7-8-11(9-19)20-16(10)12/h1-3,6-7,11H,4-5,8,20H2;1-6,11H,7-9,19H2/t2*11-/m00/s1. The monoisotopic (exact) mass is 632 g/mol. The lowest BCUT2D eigenvalue weighted by Crippen LogP contribution is -2.30. The smallest absolute Gasteiger partial charge is 0.131 e. The molecule has 0 unspecified atom stereocenters. The Labute approximate surface area is 259 Å². The summed E-state index contributed by atoms with van der Waals surface area (Å²) in [7, 11) is 0. The first-order valence-corrected chi connectivity index (χ1v) is 14.9. The van der Waals surface area contributed by atoms with E-state index in [-0.39, 0.29) is 18.0 Å². The van der Waals surface area contributed by atoms with Crippen LogP contribution in [0.1, 0.15) is 24.0 Å². The SMILES string of the molecule is NC[C@@H]1CCc2cc(F)cc(-c3c(Cl)cccc3Cl)c2O1.NC[C@@H]1CCc2cccc(-c3c(Cl)cccc3Cl)c2O1. The molecule has 41 heavy (non-hydrogen) atoms.